The van der Waals surface area contributed by atoms with Crippen LogP contribution in [0, 0.1) is 0 Å². The SMILES string of the molecule is c1ccc(-c2ccc(-c3nc(-c4ccccc4)nc(-c4ccc(-c5ccc(-c6cc(-c7cccnc7)nc(-c7ccccn7)c6)cc5)cc4)n3)cc2)cc1. The van der Waals surface area contributed by atoms with E-state index in [0.29, 0.717) is 17.5 Å². The summed E-state index contributed by atoms with van der Waals surface area (Å²) in [7, 11) is 0. The van der Waals surface area contributed by atoms with Crippen molar-refractivity contribution in [2.24, 2.45) is 0 Å². The van der Waals surface area contributed by atoms with Crippen LogP contribution in [0.2, 0.25) is 0 Å². The fraction of sp³-hybridized carbons (Fsp3) is 0. The molecule has 9 rings (SSSR count). The predicted octanol–water partition coefficient (Wildman–Crippen LogP) is 11.4. The van der Waals surface area contributed by atoms with Crippen molar-refractivity contribution in [1.29, 1.82) is 0 Å². The maximum absolute atomic E-state index is 4.97. The summed E-state index contributed by atoms with van der Waals surface area (Å²) in [6.45, 7) is 0. The molecule has 0 aliphatic rings. The molecule has 4 heterocycles. The Morgan fingerprint density at radius 3 is 1.19 bits per heavy atom. The standard InChI is InChI=1S/C48H32N6/c1-3-10-33(11-4-1)34-20-24-39(25-21-34)47-52-46(38-12-5-2-6-13-38)53-48(54-47)40-26-22-36(23-27-40)35-16-18-37(19-17-35)42-30-44(41-14-9-28-49-32-41)51-45(31-42)43-15-7-8-29-50-43/h1-32H. The Morgan fingerprint density at radius 1 is 0.259 bits per heavy atom. The molecule has 0 saturated carbocycles. The molecule has 5 aromatic carbocycles. The summed E-state index contributed by atoms with van der Waals surface area (Å²) in [4.78, 5) is 28.6. The monoisotopic (exact) mass is 692 g/mol. The van der Waals surface area contributed by atoms with E-state index in [1.54, 1.807) is 12.4 Å². The van der Waals surface area contributed by atoms with Crippen LogP contribution in [0.4, 0.5) is 0 Å². The summed E-state index contributed by atoms with van der Waals surface area (Å²) in [6.07, 6.45) is 5.40. The van der Waals surface area contributed by atoms with E-state index in [0.717, 1.165) is 67.2 Å². The van der Waals surface area contributed by atoms with Gasteiger partial charge in [0.1, 0.15) is 0 Å². The van der Waals surface area contributed by atoms with Gasteiger partial charge in [-0.1, -0.05) is 140 Å². The molecule has 6 nitrogen and oxygen atoms in total. The summed E-state index contributed by atoms with van der Waals surface area (Å²) in [5, 5.41) is 0. The Bertz CT molecular complexity index is 2590. The van der Waals surface area contributed by atoms with Crippen molar-refractivity contribution in [3.8, 4) is 90.2 Å². The second kappa shape index (κ2) is 14.7. The van der Waals surface area contributed by atoms with E-state index in [-0.39, 0.29) is 0 Å². The van der Waals surface area contributed by atoms with Crippen molar-refractivity contribution in [1.82, 2.24) is 29.9 Å². The average Bonchev–Trinajstić information content (AvgIpc) is 3.27. The Balaban J connectivity index is 1.02. The highest BCUT2D eigenvalue weighted by Crippen LogP contribution is 2.32. The van der Waals surface area contributed by atoms with Gasteiger partial charge in [0, 0.05) is 40.8 Å². The molecule has 0 saturated heterocycles. The fourth-order valence-corrected chi connectivity index (χ4v) is 6.46. The van der Waals surface area contributed by atoms with E-state index < -0.39 is 0 Å². The third-order valence-electron chi connectivity index (χ3n) is 9.32. The summed E-state index contributed by atoms with van der Waals surface area (Å²) >= 11 is 0. The van der Waals surface area contributed by atoms with Gasteiger partial charge in [-0.3, -0.25) is 9.97 Å². The van der Waals surface area contributed by atoms with Crippen LogP contribution in [0.1, 0.15) is 0 Å². The molecular formula is C48H32N6. The van der Waals surface area contributed by atoms with Gasteiger partial charge >= 0.3 is 0 Å². The first kappa shape index (κ1) is 32.5. The van der Waals surface area contributed by atoms with E-state index in [4.69, 9.17) is 19.9 Å². The minimum Gasteiger partial charge on any atom is -0.264 e. The van der Waals surface area contributed by atoms with Crippen LogP contribution in [0.3, 0.4) is 0 Å². The predicted molar refractivity (Wildman–Crippen MR) is 217 cm³/mol. The van der Waals surface area contributed by atoms with E-state index in [9.17, 15) is 0 Å². The topological polar surface area (TPSA) is 77.3 Å². The Hall–Kier alpha value is -7.44. The maximum atomic E-state index is 4.97. The number of aromatic nitrogens is 6. The van der Waals surface area contributed by atoms with Crippen molar-refractivity contribution in [2.45, 2.75) is 0 Å². The Kier molecular flexibility index (Phi) is 8.81. The lowest BCUT2D eigenvalue weighted by molar-refractivity contribution is 1.07. The molecular weight excluding hydrogens is 661 g/mol. The van der Waals surface area contributed by atoms with Crippen LogP contribution in [0.15, 0.2) is 195 Å². The van der Waals surface area contributed by atoms with Crippen molar-refractivity contribution < 1.29 is 0 Å². The molecule has 0 N–H and O–H groups in total. The summed E-state index contributed by atoms with van der Waals surface area (Å²) < 4.78 is 0. The van der Waals surface area contributed by atoms with Crippen molar-refractivity contribution in [2.75, 3.05) is 0 Å². The van der Waals surface area contributed by atoms with E-state index in [2.05, 4.69) is 119 Å². The lowest BCUT2D eigenvalue weighted by atomic mass is 9.98. The first-order valence-electron chi connectivity index (χ1n) is 17.8. The number of nitrogens with zero attached hydrogens (tertiary/aromatic N) is 6. The van der Waals surface area contributed by atoms with Gasteiger partial charge in [0.25, 0.3) is 0 Å². The van der Waals surface area contributed by atoms with Gasteiger partial charge in [-0.25, -0.2) is 19.9 Å². The van der Waals surface area contributed by atoms with Crippen molar-refractivity contribution in [3.63, 3.8) is 0 Å². The van der Waals surface area contributed by atoms with Crippen LogP contribution < -0.4 is 0 Å². The molecule has 0 fully saturated rings. The first-order valence-corrected chi connectivity index (χ1v) is 17.8. The van der Waals surface area contributed by atoms with E-state index in [1.165, 1.54) is 5.56 Å². The zero-order valence-corrected chi connectivity index (χ0v) is 29.2. The largest absolute Gasteiger partial charge is 0.264 e. The van der Waals surface area contributed by atoms with Crippen LogP contribution in [0.25, 0.3) is 90.2 Å². The zero-order valence-electron chi connectivity index (χ0n) is 29.2. The van der Waals surface area contributed by atoms with Gasteiger partial charge in [-0.05, 0) is 69.8 Å². The molecule has 6 heteroatoms. The number of hydrogen-bond acceptors (Lipinski definition) is 6. The summed E-state index contributed by atoms with van der Waals surface area (Å²) in [5.41, 5.74) is 12.9. The summed E-state index contributed by atoms with van der Waals surface area (Å²) in [5.74, 6) is 1.89. The number of hydrogen-bond donors (Lipinski definition) is 0. The summed E-state index contributed by atoms with van der Waals surface area (Å²) in [6, 6.07) is 59.8. The average molecular weight is 693 g/mol. The van der Waals surface area contributed by atoms with Crippen molar-refractivity contribution >= 4 is 0 Å². The molecule has 0 spiro atoms. The van der Waals surface area contributed by atoms with Crippen LogP contribution in [-0.4, -0.2) is 29.9 Å². The Labute approximate surface area is 313 Å². The van der Waals surface area contributed by atoms with Gasteiger partial charge in [-0.15, -0.1) is 0 Å². The Morgan fingerprint density at radius 2 is 0.685 bits per heavy atom. The lowest BCUT2D eigenvalue weighted by Gasteiger charge is -2.11. The van der Waals surface area contributed by atoms with Gasteiger partial charge in [0.15, 0.2) is 17.5 Å². The van der Waals surface area contributed by atoms with Crippen molar-refractivity contribution in [3.05, 3.63) is 195 Å². The van der Waals surface area contributed by atoms with Gasteiger partial charge in [0.2, 0.25) is 0 Å². The molecule has 0 bridgehead atoms. The highest BCUT2D eigenvalue weighted by atomic mass is 15.0. The van der Waals surface area contributed by atoms with E-state index in [1.807, 2.05) is 72.9 Å². The van der Waals surface area contributed by atoms with Gasteiger partial charge in [0.05, 0.1) is 17.1 Å². The second-order valence-corrected chi connectivity index (χ2v) is 12.9. The highest BCUT2D eigenvalue weighted by molar-refractivity contribution is 5.78. The third kappa shape index (κ3) is 6.92. The molecule has 0 aliphatic heterocycles. The normalized spacial score (nSPS) is 11.0. The highest BCUT2D eigenvalue weighted by Gasteiger charge is 2.14. The lowest BCUT2D eigenvalue weighted by Crippen LogP contribution is -2.00. The van der Waals surface area contributed by atoms with Gasteiger partial charge < -0.3 is 0 Å². The number of benzene rings is 5. The zero-order chi connectivity index (χ0) is 36.1. The minimum absolute atomic E-state index is 0.624. The molecule has 254 valence electrons. The molecule has 0 radical (unpaired) electrons. The first-order chi connectivity index (χ1) is 26.7. The quantitative estimate of drug-likeness (QED) is 0.158. The molecule has 0 aliphatic carbocycles. The fourth-order valence-electron chi connectivity index (χ4n) is 6.46. The molecule has 4 aromatic heterocycles. The smallest absolute Gasteiger partial charge is 0.164 e. The second-order valence-electron chi connectivity index (χ2n) is 12.9. The van der Waals surface area contributed by atoms with E-state index >= 15 is 0 Å². The molecule has 0 unspecified atom stereocenters. The van der Waals surface area contributed by atoms with Gasteiger partial charge in [-0.2, -0.15) is 0 Å². The maximum Gasteiger partial charge on any atom is 0.164 e. The van der Waals surface area contributed by atoms with Crippen LogP contribution >= 0.6 is 0 Å². The third-order valence-corrected chi connectivity index (χ3v) is 9.32. The molecule has 9 aromatic rings. The molecule has 0 amide bonds. The number of rotatable bonds is 8. The molecule has 0 atom stereocenters. The van der Waals surface area contributed by atoms with Crippen LogP contribution in [0.5, 0.6) is 0 Å². The minimum atomic E-state index is 0.624. The van der Waals surface area contributed by atoms with Crippen LogP contribution in [-0.2, 0) is 0 Å². The number of pyridine rings is 3. The molecule has 54 heavy (non-hydrogen) atoms.